The van der Waals surface area contributed by atoms with Crippen molar-refractivity contribution in [3.63, 3.8) is 0 Å². The van der Waals surface area contributed by atoms with Crippen molar-refractivity contribution < 1.29 is 23.5 Å². The third kappa shape index (κ3) is 3.72. The molecule has 2 aliphatic rings. The van der Waals surface area contributed by atoms with Gasteiger partial charge in [-0.15, -0.1) is 0 Å². The molecule has 4 rings (SSSR count). The molecule has 0 aliphatic carbocycles. The van der Waals surface area contributed by atoms with E-state index in [2.05, 4.69) is 5.32 Å². The molecule has 140 valence electrons. The van der Waals surface area contributed by atoms with Crippen LogP contribution in [0.25, 0.3) is 0 Å². The number of nitrogens with zero attached hydrogens (tertiary/aromatic N) is 1. The van der Waals surface area contributed by atoms with Gasteiger partial charge in [-0.3, -0.25) is 9.59 Å². The standard InChI is InChI=1S/C20H19FN2O4/c21-15-4-1-13(2-5-15)10-22-20(25)16-6-8-19(24)23(16)11-14-3-7-17-18(9-14)27-12-26-17/h1-5,7,9,16H,6,8,10-12H2,(H,22,25). The molecule has 6 nitrogen and oxygen atoms in total. The van der Waals surface area contributed by atoms with Crippen LogP contribution in [0.2, 0.25) is 0 Å². The van der Waals surface area contributed by atoms with Gasteiger partial charge in [0.2, 0.25) is 18.6 Å². The maximum atomic E-state index is 13.0. The molecular weight excluding hydrogens is 351 g/mol. The predicted octanol–water partition coefficient (Wildman–Crippen LogP) is 2.36. The van der Waals surface area contributed by atoms with E-state index in [0.717, 1.165) is 11.1 Å². The van der Waals surface area contributed by atoms with Gasteiger partial charge in [0.15, 0.2) is 11.5 Å². The number of nitrogens with one attached hydrogen (secondary N) is 1. The van der Waals surface area contributed by atoms with Crippen LogP contribution in [0.15, 0.2) is 42.5 Å². The van der Waals surface area contributed by atoms with Crippen LogP contribution in [0, 0.1) is 5.82 Å². The molecule has 1 atom stereocenters. The number of rotatable bonds is 5. The number of hydrogen-bond acceptors (Lipinski definition) is 4. The molecule has 0 saturated carbocycles. The Morgan fingerprint density at radius 2 is 1.85 bits per heavy atom. The maximum Gasteiger partial charge on any atom is 0.243 e. The van der Waals surface area contributed by atoms with E-state index in [1.54, 1.807) is 17.0 Å². The molecule has 2 aliphatic heterocycles. The van der Waals surface area contributed by atoms with Crippen molar-refractivity contribution in [3.8, 4) is 11.5 Å². The lowest BCUT2D eigenvalue weighted by atomic mass is 10.1. The first-order valence-corrected chi connectivity index (χ1v) is 8.80. The summed E-state index contributed by atoms with van der Waals surface area (Å²) in [5.74, 6) is 0.762. The van der Waals surface area contributed by atoms with Gasteiger partial charge in [-0.2, -0.15) is 0 Å². The molecule has 0 radical (unpaired) electrons. The minimum atomic E-state index is -0.511. The number of benzene rings is 2. The lowest BCUT2D eigenvalue weighted by Crippen LogP contribution is -2.44. The summed E-state index contributed by atoms with van der Waals surface area (Å²) in [6, 6.07) is 11.0. The van der Waals surface area contributed by atoms with Crippen molar-refractivity contribution in [2.45, 2.75) is 32.0 Å². The van der Waals surface area contributed by atoms with Gasteiger partial charge >= 0.3 is 0 Å². The SMILES string of the molecule is O=C(NCc1ccc(F)cc1)C1CCC(=O)N1Cc1ccc2c(c1)OCO2. The fraction of sp³-hybridized carbons (Fsp3) is 0.300. The van der Waals surface area contributed by atoms with Gasteiger partial charge in [0.1, 0.15) is 11.9 Å². The van der Waals surface area contributed by atoms with Gasteiger partial charge in [0, 0.05) is 19.5 Å². The number of likely N-dealkylation sites (tertiary alicyclic amines) is 1. The Bertz CT molecular complexity index is 869. The van der Waals surface area contributed by atoms with Crippen LogP contribution in [-0.2, 0) is 22.7 Å². The summed E-state index contributed by atoms with van der Waals surface area (Å²) in [4.78, 5) is 26.5. The third-order valence-corrected chi connectivity index (χ3v) is 4.80. The van der Waals surface area contributed by atoms with Gasteiger partial charge in [-0.25, -0.2) is 4.39 Å². The van der Waals surface area contributed by atoms with E-state index >= 15 is 0 Å². The summed E-state index contributed by atoms with van der Waals surface area (Å²) in [5, 5.41) is 2.84. The van der Waals surface area contributed by atoms with Crippen LogP contribution in [0.4, 0.5) is 4.39 Å². The van der Waals surface area contributed by atoms with Crippen LogP contribution in [0.1, 0.15) is 24.0 Å². The summed E-state index contributed by atoms with van der Waals surface area (Å²) >= 11 is 0. The maximum absolute atomic E-state index is 13.0. The van der Waals surface area contributed by atoms with Crippen LogP contribution in [0.3, 0.4) is 0 Å². The Labute approximate surface area is 155 Å². The van der Waals surface area contributed by atoms with Crippen molar-refractivity contribution >= 4 is 11.8 Å². The lowest BCUT2D eigenvalue weighted by Gasteiger charge is -2.24. The number of amides is 2. The van der Waals surface area contributed by atoms with E-state index in [1.807, 2.05) is 18.2 Å². The number of carbonyl (C=O) groups excluding carboxylic acids is 2. The quantitative estimate of drug-likeness (QED) is 0.877. The Kier molecular flexibility index (Phi) is 4.66. The summed E-state index contributed by atoms with van der Waals surface area (Å²) in [7, 11) is 0. The first-order chi connectivity index (χ1) is 13.1. The van der Waals surface area contributed by atoms with Crippen molar-refractivity contribution in [2.24, 2.45) is 0 Å². The predicted molar refractivity (Wildman–Crippen MR) is 94.4 cm³/mol. The van der Waals surface area contributed by atoms with E-state index < -0.39 is 6.04 Å². The molecule has 1 fully saturated rings. The van der Waals surface area contributed by atoms with Crippen LogP contribution in [0.5, 0.6) is 11.5 Å². The third-order valence-electron chi connectivity index (χ3n) is 4.80. The van der Waals surface area contributed by atoms with Crippen LogP contribution < -0.4 is 14.8 Å². The van der Waals surface area contributed by atoms with Gasteiger partial charge in [-0.1, -0.05) is 18.2 Å². The topological polar surface area (TPSA) is 67.9 Å². The molecule has 1 unspecified atom stereocenters. The molecule has 27 heavy (non-hydrogen) atoms. The zero-order valence-electron chi connectivity index (χ0n) is 14.6. The number of hydrogen-bond donors (Lipinski definition) is 1. The summed E-state index contributed by atoms with van der Waals surface area (Å²) in [6.45, 7) is 0.821. The minimum Gasteiger partial charge on any atom is -0.454 e. The van der Waals surface area contributed by atoms with E-state index in [9.17, 15) is 14.0 Å². The molecule has 1 N–H and O–H groups in total. The largest absolute Gasteiger partial charge is 0.454 e. The second-order valence-electron chi connectivity index (χ2n) is 6.61. The highest BCUT2D eigenvalue weighted by Gasteiger charge is 2.36. The van der Waals surface area contributed by atoms with Crippen molar-refractivity contribution in [1.29, 1.82) is 0 Å². The smallest absolute Gasteiger partial charge is 0.243 e. The molecule has 0 bridgehead atoms. The first-order valence-electron chi connectivity index (χ1n) is 8.80. The Balaban J connectivity index is 1.41. The average Bonchev–Trinajstić information content (AvgIpc) is 3.28. The fourth-order valence-electron chi connectivity index (χ4n) is 3.35. The van der Waals surface area contributed by atoms with Gasteiger partial charge in [-0.05, 0) is 41.8 Å². The molecule has 0 aromatic heterocycles. The second-order valence-corrected chi connectivity index (χ2v) is 6.61. The molecule has 2 aromatic carbocycles. The van der Waals surface area contributed by atoms with Gasteiger partial charge < -0.3 is 19.7 Å². The van der Waals surface area contributed by atoms with Crippen molar-refractivity contribution in [3.05, 3.63) is 59.4 Å². The van der Waals surface area contributed by atoms with Gasteiger partial charge in [0.25, 0.3) is 0 Å². The van der Waals surface area contributed by atoms with E-state index in [0.29, 0.717) is 37.4 Å². The summed E-state index contributed by atoms with van der Waals surface area (Å²) < 4.78 is 23.6. The number of fused-ring (bicyclic) bond motifs is 1. The number of halogens is 1. The number of carbonyl (C=O) groups is 2. The zero-order chi connectivity index (χ0) is 18.8. The van der Waals surface area contributed by atoms with Crippen LogP contribution in [-0.4, -0.2) is 29.5 Å². The van der Waals surface area contributed by atoms with E-state index in [1.165, 1.54) is 12.1 Å². The molecule has 2 heterocycles. The monoisotopic (exact) mass is 370 g/mol. The lowest BCUT2D eigenvalue weighted by molar-refractivity contribution is -0.135. The summed E-state index contributed by atoms with van der Waals surface area (Å²) in [5.41, 5.74) is 1.68. The Morgan fingerprint density at radius 3 is 2.67 bits per heavy atom. The van der Waals surface area contributed by atoms with Crippen molar-refractivity contribution in [1.82, 2.24) is 10.2 Å². The Hall–Kier alpha value is -3.09. The highest BCUT2D eigenvalue weighted by Crippen LogP contribution is 2.33. The van der Waals surface area contributed by atoms with Crippen molar-refractivity contribution in [2.75, 3.05) is 6.79 Å². The fourth-order valence-corrected chi connectivity index (χ4v) is 3.35. The number of ether oxygens (including phenoxy) is 2. The first kappa shape index (κ1) is 17.3. The summed E-state index contributed by atoms with van der Waals surface area (Å²) in [6.07, 6.45) is 0.831. The molecule has 2 aromatic rings. The molecular formula is C20H19FN2O4. The normalized spacial score (nSPS) is 18.0. The minimum absolute atomic E-state index is 0.0467. The highest BCUT2D eigenvalue weighted by molar-refractivity contribution is 5.90. The highest BCUT2D eigenvalue weighted by atomic mass is 19.1. The van der Waals surface area contributed by atoms with E-state index in [4.69, 9.17) is 9.47 Å². The molecule has 1 saturated heterocycles. The zero-order valence-corrected chi connectivity index (χ0v) is 14.6. The van der Waals surface area contributed by atoms with Crippen LogP contribution >= 0.6 is 0 Å². The van der Waals surface area contributed by atoms with E-state index in [-0.39, 0.29) is 24.4 Å². The Morgan fingerprint density at radius 1 is 1.11 bits per heavy atom. The molecule has 0 spiro atoms. The second kappa shape index (κ2) is 7.26. The van der Waals surface area contributed by atoms with Gasteiger partial charge in [0.05, 0.1) is 0 Å². The average molecular weight is 370 g/mol. The molecule has 2 amide bonds. The molecule has 7 heteroatoms.